The highest BCUT2D eigenvalue weighted by Crippen LogP contribution is 2.23. The van der Waals surface area contributed by atoms with Crippen LogP contribution in [0.5, 0.6) is 0 Å². The summed E-state index contributed by atoms with van der Waals surface area (Å²) in [6.07, 6.45) is 0. The minimum Gasteiger partial charge on any atom is -0.295 e. The topological polar surface area (TPSA) is 20.3 Å². The standard InChI is InChI=1S/C14H12BrCl2NOS/c1-18(6-9-4-14(15)20-8-9)7-13(19)11-5-10(16)2-3-12(11)17/h2-5,8H,6-7H2,1H3. The van der Waals surface area contributed by atoms with Crippen LogP contribution in [0.25, 0.3) is 0 Å². The molecule has 0 unspecified atom stereocenters. The third-order valence-electron chi connectivity index (χ3n) is 2.72. The Morgan fingerprint density at radius 2 is 2.10 bits per heavy atom. The first-order chi connectivity index (χ1) is 9.45. The Balaban J connectivity index is 2.02. The first-order valence-corrected chi connectivity index (χ1v) is 8.28. The number of halogens is 3. The first kappa shape index (κ1) is 16.0. The maximum Gasteiger partial charge on any atom is 0.178 e. The zero-order valence-corrected chi connectivity index (χ0v) is 14.6. The number of likely N-dealkylation sites (N-methyl/N-ethyl adjacent to an activating group) is 1. The van der Waals surface area contributed by atoms with Crippen molar-refractivity contribution in [2.24, 2.45) is 0 Å². The number of carbonyl (C=O) groups is 1. The Hall–Kier alpha value is -0.390. The molecule has 2 rings (SSSR count). The molecule has 106 valence electrons. The highest BCUT2D eigenvalue weighted by atomic mass is 79.9. The summed E-state index contributed by atoms with van der Waals surface area (Å²) < 4.78 is 1.09. The van der Waals surface area contributed by atoms with E-state index in [1.54, 1.807) is 29.5 Å². The van der Waals surface area contributed by atoms with Crippen LogP contribution in [0.2, 0.25) is 10.0 Å². The van der Waals surface area contributed by atoms with Crippen LogP contribution < -0.4 is 0 Å². The number of Topliss-reactive ketones (excluding diaryl/α,β-unsaturated/α-hetero) is 1. The van der Waals surface area contributed by atoms with E-state index in [9.17, 15) is 4.79 Å². The van der Waals surface area contributed by atoms with Gasteiger partial charge >= 0.3 is 0 Å². The number of nitrogens with zero attached hydrogens (tertiary/aromatic N) is 1. The van der Waals surface area contributed by atoms with Crippen molar-refractivity contribution >= 4 is 56.3 Å². The predicted octanol–water partition coefficient (Wildman–Crippen LogP) is 5.13. The second-order valence-electron chi connectivity index (χ2n) is 4.48. The summed E-state index contributed by atoms with van der Waals surface area (Å²) in [5, 5.41) is 3.02. The SMILES string of the molecule is CN(CC(=O)c1cc(Cl)ccc1Cl)Cc1csc(Br)c1. The summed E-state index contributed by atoms with van der Waals surface area (Å²) >= 11 is 17.0. The van der Waals surface area contributed by atoms with E-state index in [-0.39, 0.29) is 5.78 Å². The van der Waals surface area contributed by atoms with Gasteiger partial charge in [-0.3, -0.25) is 9.69 Å². The molecule has 0 aliphatic heterocycles. The molecular formula is C14H12BrCl2NOS. The smallest absolute Gasteiger partial charge is 0.178 e. The quantitative estimate of drug-likeness (QED) is 0.657. The normalized spacial score (nSPS) is 11.1. The molecule has 0 radical (unpaired) electrons. The van der Waals surface area contributed by atoms with E-state index < -0.39 is 0 Å². The van der Waals surface area contributed by atoms with Crippen LogP contribution in [0.3, 0.4) is 0 Å². The molecule has 20 heavy (non-hydrogen) atoms. The number of thiophene rings is 1. The van der Waals surface area contributed by atoms with E-state index in [2.05, 4.69) is 27.4 Å². The molecule has 0 spiro atoms. The molecule has 0 N–H and O–H groups in total. The molecule has 1 heterocycles. The number of hydrogen-bond donors (Lipinski definition) is 0. The third-order valence-corrected chi connectivity index (χ3v) is 4.83. The van der Waals surface area contributed by atoms with Gasteiger partial charge in [0.05, 0.1) is 15.4 Å². The average Bonchev–Trinajstić information content (AvgIpc) is 2.77. The van der Waals surface area contributed by atoms with Gasteiger partial charge in [-0.05, 0) is 58.2 Å². The molecule has 1 aromatic heterocycles. The van der Waals surface area contributed by atoms with Gasteiger partial charge < -0.3 is 0 Å². The molecule has 0 saturated carbocycles. The molecule has 2 nitrogen and oxygen atoms in total. The molecule has 0 fully saturated rings. The van der Waals surface area contributed by atoms with E-state index in [1.807, 2.05) is 11.9 Å². The fraction of sp³-hybridized carbons (Fsp3) is 0.214. The van der Waals surface area contributed by atoms with E-state index in [4.69, 9.17) is 23.2 Å². The third kappa shape index (κ3) is 4.30. The van der Waals surface area contributed by atoms with Crippen LogP contribution in [-0.2, 0) is 6.54 Å². The fourth-order valence-corrected chi connectivity index (χ4v) is 3.43. The zero-order chi connectivity index (χ0) is 14.7. The van der Waals surface area contributed by atoms with Crippen LogP contribution >= 0.6 is 50.5 Å². The molecule has 0 bridgehead atoms. The van der Waals surface area contributed by atoms with Gasteiger partial charge in [-0.1, -0.05) is 23.2 Å². The lowest BCUT2D eigenvalue weighted by molar-refractivity contribution is 0.0943. The Bertz CT molecular complexity index is 629. The number of benzene rings is 1. The molecule has 0 atom stereocenters. The Morgan fingerprint density at radius 1 is 1.35 bits per heavy atom. The van der Waals surface area contributed by atoms with Crippen LogP contribution in [0, 0.1) is 0 Å². The van der Waals surface area contributed by atoms with Gasteiger partial charge in [0.25, 0.3) is 0 Å². The Labute approximate surface area is 140 Å². The molecule has 1 aromatic carbocycles. The lowest BCUT2D eigenvalue weighted by Gasteiger charge is -2.15. The summed E-state index contributed by atoms with van der Waals surface area (Å²) in [6.45, 7) is 1.01. The van der Waals surface area contributed by atoms with Gasteiger partial charge in [-0.25, -0.2) is 0 Å². The maximum absolute atomic E-state index is 12.2. The molecular weight excluding hydrogens is 381 g/mol. The molecule has 0 aliphatic rings. The van der Waals surface area contributed by atoms with Crippen molar-refractivity contribution in [2.75, 3.05) is 13.6 Å². The van der Waals surface area contributed by atoms with Crippen molar-refractivity contribution in [1.82, 2.24) is 4.90 Å². The number of hydrogen-bond acceptors (Lipinski definition) is 3. The van der Waals surface area contributed by atoms with Crippen LogP contribution in [0.15, 0.2) is 33.4 Å². The van der Waals surface area contributed by atoms with Gasteiger partial charge in [-0.2, -0.15) is 0 Å². The van der Waals surface area contributed by atoms with Crippen LogP contribution in [-0.4, -0.2) is 24.3 Å². The monoisotopic (exact) mass is 391 g/mol. The number of carbonyl (C=O) groups excluding carboxylic acids is 1. The summed E-state index contributed by atoms with van der Waals surface area (Å²) in [5.41, 5.74) is 1.65. The lowest BCUT2D eigenvalue weighted by atomic mass is 10.1. The van der Waals surface area contributed by atoms with Crippen LogP contribution in [0.1, 0.15) is 15.9 Å². The first-order valence-electron chi connectivity index (χ1n) is 5.85. The van der Waals surface area contributed by atoms with Gasteiger partial charge in [0.2, 0.25) is 0 Å². The highest BCUT2D eigenvalue weighted by molar-refractivity contribution is 9.11. The van der Waals surface area contributed by atoms with Crippen molar-refractivity contribution in [3.8, 4) is 0 Å². The fourth-order valence-electron chi connectivity index (χ4n) is 1.84. The molecule has 6 heteroatoms. The van der Waals surface area contributed by atoms with E-state index >= 15 is 0 Å². The molecule has 0 amide bonds. The lowest BCUT2D eigenvalue weighted by Crippen LogP contribution is -2.25. The van der Waals surface area contributed by atoms with Gasteiger partial charge in [0, 0.05) is 17.1 Å². The minimum atomic E-state index is -0.0331. The largest absolute Gasteiger partial charge is 0.295 e. The van der Waals surface area contributed by atoms with Crippen molar-refractivity contribution in [3.63, 3.8) is 0 Å². The van der Waals surface area contributed by atoms with E-state index in [1.165, 1.54) is 5.56 Å². The van der Waals surface area contributed by atoms with Gasteiger partial charge in [0.1, 0.15) is 0 Å². The highest BCUT2D eigenvalue weighted by Gasteiger charge is 2.14. The van der Waals surface area contributed by atoms with Crippen molar-refractivity contribution < 1.29 is 4.79 Å². The Morgan fingerprint density at radius 3 is 2.75 bits per heavy atom. The molecule has 0 saturated heterocycles. The van der Waals surface area contributed by atoms with E-state index in [0.717, 1.165) is 3.79 Å². The zero-order valence-electron chi connectivity index (χ0n) is 10.7. The van der Waals surface area contributed by atoms with E-state index in [0.29, 0.717) is 28.7 Å². The van der Waals surface area contributed by atoms with Crippen molar-refractivity contribution in [2.45, 2.75) is 6.54 Å². The Kier molecular flexibility index (Phi) is 5.64. The number of ketones is 1. The average molecular weight is 393 g/mol. The summed E-state index contributed by atoms with van der Waals surface area (Å²) in [4.78, 5) is 14.2. The van der Waals surface area contributed by atoms with Gasteiger partial charge in [-0.15, -0.1) is 11.3 Å². The second kappa shape index (κ2) is 7.05. The maximum atomic E-state index is 12.2. The summed E-state index contributed by atoms with van der Waals surface area (Å²) in [7, 11) is 1.90. The van der Waals surface area contributed by atoms with Gasteiger partial charge in [0.15, 0.2) is 5.78 Å². The van der Waals surface area contributed by atoms with Crippen molar-refractivity contribution in [1.29, 1.82) is 0 Å². The van der Waals surface area contributed by atoms with Crippen molar-refractivity contribution in [3.05, 3.63) is 54.6 Å². The predicted molar refractivity (Wildman–Crippen MR) is 89.1 cm³/mol. The minimum absolute atomic E-state index is 0.0331. The van der Waals surface area contributed by atoms with Crippen LogP contribution in [0.4, 0.5) is 0 Å². The number of rotatable bonds is 5. The molecule has 2 aromatic rings. The second-order valence-corrected chi connectivity index (χ2v) is 7.61. The summed E-state index contributed by atoms with van der Waals surface area (Å²) in [5.74, 6) is -0.0331. The summed E-state index contributed by atoms with van der Waals surface area (Å²) in [6, 6.07) is 6.99. The molecule has 0 aliphatic carbocycles.